The third-order valence-corrected chi connectivity index (χ3v) is 2.82. The Morgan fingerprint density at radius 3 is 2.50 bits per heavy atom. The Morgan fingerprint density at radius 2 is 2.00 bits per heavy atom. The second-order valence-corrected chi connectivity index (χ2v) is 4.57. The summed E-state index contributed by atoms with van der Waals surface area (Å²) in [5.74, 6) is -0.234. The Bertz CT molecular complexity index is 385. The fraction of sp³-hybridized carbons (Fsp3) is 0.667. The van der Waals surface area contributed by atoms with Gasteiger partial charge in [-0.2, -0.15) is 13.2 Å². The molecule has 0 spiro atoms. The molecule has 1 amide bonds. The van der Waals surface area contributed by atoms with Crippen molar-refractivity contribution in [1.29, 1.82) is 0 Å². The largest absolute Gasteiger partial charge is 0.406 e. The third kappa shape index (κ3) is 5.94. The van der Waals surface area contributed by atoms with Crippen LogP contribution in [0.3, 0.4) is 0 Å². The summed E-state index contributed by atoms with van der Waals surface area (Å²) in [4.78, 5) is 16.1. The molecule has 1 aliphatic carbocycles. The first-order valence-corrected chi connectivity index (χ1v) is 6.24. The van der Waals surface area contributed by atoms with Gasteiger partial charge in [0.2, 0.25) is 5.91 Å². The van der Waals surface area contributed by atoms with Gasteiger partial charge < -0.3 is 15.5 Å². The summed E-state index contributed by atoms with van der Waals surface area (Å²) in [5, 5.41) is 5.81. The second kappa shape index (κ2) is 7.16. The molecule has 0 heterocycles. The van der Waals surface area contributed by atoms with Crippen LogP contribution in [-0.2, 0) is 4.79 Å². The lowest BCUT2D eigenvalue weighted by Gasteiger charge is -2.21. The highest BCUT2D eigenvalue weighted by atomic mass is 19.4. The Balaban J connectivity index is 2.34. The van der Waals surface area contributed by atoms with Crippen LogP contribution in [-0.4, -0.2) is 56.2 Å². The fourth-order valence-electron chi connectivity index (χ4n) is 1.77. The van der Waals surface area contributed by atoms with Crippen LogP contribution in [0.15, 0.2) is 17.1 Å². The number of aliphatic imine (C=N–C) groups is 1. The Labute approximate surface area is 115 Å². The molecule has 2 N–H and O–H groups in total. The highest BCUT2D eigenvalue weighted by molar-refractivity contribution is 5.86. The van der Waals surface area contributed by atoms with Gasteiger partial charge in [-0.15, -0.1) is 0 Å². The van der Waals surface area contributed by atoms with Crippen molar-refractivity contribution < 1.29 is 18.0 Å². The van der Waals surface area contributed by atoms with Crippen LogP contribution in [0.2, 0.25) is 0 Å². The normalized spacial score (nSPS) is 16.4. The monoisotopic (exact) mass is 292 g/mol. The van der Waals surface area contributed by atoms with Gasteiger partial charge >= 0.3 is 6.18 Å². The number of carbonyl (C=O) groups is 1. The molecule has 0 aromatic carbocycles. The van der Waals surface area contributed by atoms with Crippen LogP contribution in [0.5, 0.6) is 0 Å². The number of carbonyl (C=O) groups excluding carboxylic acids is 1. The summed E-state index contributed by atoms with van der Waals surface area (Å²) >= 11 is 0. The lowest BCUT2D eigenvalue weighted by atomic mass is 10.2. The number of guanidine groups is 1. The maximum absolute atomic E-state index is 12.1. The quantitative estimate of drug-likeness (QED) is 0.460. The molecule has 1 aliphatic rings. The van der Waals surface area contributed by atoms with Crippen molar-refractivity contribution in [3.8, 4) is 0 Å². The van der Waals surface area contributed by atoms with E-state index in [-0.39, 0.29) is 12.6 Å². The smallest absolute Gasteiger partial charge is 0.353 e. The number of nitrogens with zero attached hydrogens (tertiary/aromatic N) is 2. The van der Waals surface area contributed by atoms with E-state index in [1.54, 1.807) is 7.05 Å². The van der Waals surface area contributed by atoms with Crippen molar-refractivity contribution in [3.05, 3.63) is 12.2 Å². The number of nitrogens with one attached hydrogen (secondary N) is 2. The van der Waals surface area contributed by atoms with Crippen molar-refractivity contribution in [2.75, 3.05) is 27.2 Å². The van der Waals surface area contributed by atoms with Crippen molar-refractivity contribution in [3.63, 3.8) is 0 Å². The Hall–Kier alpha value is -1.73. The van der Waals surface area contributed by atoms with Crippen LogP contribution in [0.1, 0.15) is 12.8 Å². The SMILES string of the molecule is CN=C(NCC(=O)N(C)CC(F)(F)F)NC1CC=CC1. The van der Waals surface area contributed by atoms with Gasteiger partial charge in [0.1, 0.15) is 6.54 Å². The first-order chi connectivity index (χ1) is 9.31. The van der Waals surface area contributed by atoms with Gasteiger partial charge in [0.15, 0.2) is 5.96 Å². The maximum Gasteiger partial charge on any atom is 0.406 e. The summed E-state index contributed by atoms with van der Waals surface area (Å²) in [7, 11) is 2.66. The third-order valence-electron chi connectivity index (χ3n) is 2.82. The van der Waals surface area contributed by atoms with E-state index in [0.29, 0.717) is 10.9 Å². The van der Waals surface area contributed by atoms with Crippen LogP contribution in [0.25, 0.3) is 0 Å². The maximum atomic E-state index is 12.1. The summed E-state index contributed by atoms with van der Waals surface area (Å²) in [6, 6.07) is 0.212. The lowest BCUT2D eigenvalue weighted by Crippen LogP contribution is -2.47. The molecule has 0 saturated carbocycles. The van der Waals surface area contributed by atoms with Gasteiger partial charge in [0.05, 0.1) is 6.54 Å². The minimum atomic E-state index is -4.39. The summed E-state index contributed by atoms with van der Waals surface area (Å²) in [6.45, 7) is -1.49. The van der Waals surface area contributed by atoms with Crippen molar-refractivity contribution in [2.45, 2.75) is 25.1 Å². The zero-order valence-corrected chi connectivity index (χ0v) is 11.5. The van der Waals surface area contributed by atoms with Gasteiger partial charge in [0.25, 0.3) is 0 Å². The number of rotatable bonds is 4. The van der Waals surface area contributed by atoms with Crippen molar-refractivity contribution >= 4 is 11.9 Å². The standard InChI is InChI=1S/C12H19F3N4O/c1-16-11(18-9-5-3-4-6-9)17-7-10(20)19(2)8-12(13,14)15/h3-4,9H,5-8H2,1-2H3,(H2,16,17,18). The summed E-state index contributed by atoms with van der Waals surface area (Å²) in [6.07, 6.45) is 1.41. The molecule has 0 atom stereocenters. The zero-order valence-electron chi connectivity index (χ0n) is 11.5. The predicted molar refractivity (Wildman–Crippen MR) is 70.4 cm³/mol. The average molecular weight is 292 g/mol. The highest BCUT2D eigenvalue weighted by Crippen LogP contribution is 2.15. The molecule has 8 heteroatoms. The summed E-state index contributed by atoms with van der Waals surface area (Å²) in [5.41, 5.74) is 0. The lowest BCUT2D eigenvalue weighted by molar-refractivity contribution is -0.157. The molecule has 20 heavy (non-hydrogen) atoms. The van der Waals surface area contributed by atoms with E-state index in [1.165, 1.54) is 0 Å². The minimum Gasteiger partial charge on any atom is -0.353 e. The highest BCUT2D eigenvalue weighted by Gasteiger charge is 2.31. The molecule has 0 aromatic heterocycles. The topological polar surface area (TPSA) is 56.7 Å². The Morgan fingerprint density at radius 1 is 1.40 bits per heavy atom. The van der Waals surface area contributed by atoms with Gasteiger partial charge in [-0.1, -0.05) is 12.2 Å². The molecule has 0 aromatic rings. The van der Waals surface area contributed by atoms with E-state index < -0.39 is 18.6 Å². The first kappa shape index (κ1) is 16.3. The van der Waals surface area contributed by atoms with Gasteiger partial charge in [-0.3, -0.25) is 9.79 Å². The average Bonchev–Trinajstić information content (AvgIpc) is 2.84. The van der Waals surface area contributed by atoms with Gasteiger partial charge in [0, 0.05) is 20.1 Å². The molecule has 0 saturated heterocycles. The number of halogens is 3. The number of likely N-dealkylation sites (N-methyl/N-ethyl adjacent to an activating group) is 1. The molecule has 0 unspecified atom stereocenters. The van der Waals surface area contributed by atoms with Gasteiger partial charge in [-0.25, -0.2) is 0 Å². The van der Waals surface area contributed by atoms with Crippen LogP contribution < -0.4 is 10.6 Å². The van der Waals surface area contributed by atoms with E-state index >= 15 is 0 Å². The molecular weight excluding hydrogens is 273 g/mol. The van der Waals surface area contributed by atoms with Crippen molar-refractivity contribution in [1.82, 2.24) is 15.5 Å². The molecule has 114 valence electrons. The second-order valence-electron chi connectivity index (χ2n) is 4.57. The van der Waals surface area contributed by atoms with E-state index in [0.717, 1.165) is 19.9 Å². The molecule has 1 rings (SSSR count). The van der Waals surface area contributed by atoms with E-state index in [4.69, 9.17) is 0 Å². The number of alkyl halides is 3. The fourth-order valence-corrected chi connectivity index (χ4v) is 1.77. The zero-order chi connectivity index (χ0) is 15.2. The first-order valence-electron chi connectivity index (χ1n) is 6.24. The predicted octanol–water partition coefficient (Wildman–Crippen LogP) is 0.891. The number of hydrogen-bond donors (Lipinski definition) is 2. The molecule has 0 bridgehead atoms. The Kier molecular flexibility index (Phi) is 5.84. The number of amides is 1. The molecular formula is C12H19F3N4O. The molecule has 0 radical (unpaired) electrons. The van der Waals surface area contributed by atoms with E-state index in [2.05, 4.69) is 15.6 Å². The number of hydrogen-bond acceptors (Lipinski definition) is 2. The molecule has 0 aliphatic heterocycles. The van der Waals surface area contributed by atoms with Crippen LogP contribution in [0.4, 0.5) is 13.2 Å². The molecule has 0 fully saturated rings. The minimum absolute atomic E-state index is 0.212. The molecule has 5 nitrogen and oxygen atoms in total. The van der Waals surface area contributed by atoms with E-state index in [1.807, 2.05) is 12.2 Å². The van der Waals surface area contributed by atoms with Gasteiger partial charge in [-0.05, 0) is 12.8 Å². The summed E-state index contributed by atoms with van der Waals surface area (Å²) < 4.78 is 36.4. The van der Waals surface area contributed by atoms with E-state index in [9.17, 15) is 18.0 Å². The van der Waals surface area contributed by atoms with Crippen molar-refractivity contribution in [2.24, 2.45) is 4.99 Å². The van der Waals surface area contributed by atoms with Crippen LogP contribution >= 0.6 is 0 Å². The van der Waals surface area contributed by atoms with Crippen LogP contribution in [0, 0.1) is 0 Å².